The number of rotatable bonds is 2. The summed E-state index contributed by atoms with van der Waals surface area (Å²) in [5.41, 5.74) is 2.37. The molecule has 2 rings (SSSR count). The molecule has 15 heavy (non-hydrogen) atoms. The summed E-state index contributed by atoms with van der Waals surface area (Å²) in [7, 11) is 0. The normalized spacial score (nSPS) is 12.7. The van der Waals surface area contributed by atoms with E-state index in [1.54, 1.807) is 11.3 Å². The molecule has 78 valence electrons. The van der Waals surface area contributed by atoms with Crippen LogP contribution in [0.2, 0.25) is 5.02 Å². The Morgan fingerprint density at radius 1 is 1.33 bits per heavy atom. The second-order valence-electron chi connectivity index (χ2n) is 3.39. The van der Waals surface area contributed by atoms with E-state index in [2.05, 4.69) is 45.6 Å². The van der Waals surface area contributed by atoms with Crippen molar-refractivity contribution in [3.05, 3.63) is 56.7 Å². The highest BCUT2D eigenvalue weighted by atomic mass is 79.9. The largest absolute Gasteiger partial charge is 0.147 e. The maximum atomic E-state index is 6.00. The minimum atomic E-state index is 0.272. The molecule has 0 nitrogen and oxygen atoms in total. The van der Waals surface area contributed by atoms with Crippen LogP contribution in [0.25, 0.3) is 0 Å². The van der Waals surface area contributed by atoms with Crippen LogP contribution in [0.1, 0.15) is 20.8 Å². The Labute approximate surface area is 107 Å². The molecule has 1 aromatic carbocycles. The Morgan fingerprint density at radius 2 is 2.13 bits per heavy atom. The lowest BCUT2D eigenvalue weighted by molar-refractivity contribution is 1.21. The zero-order valence-corrected chi connectivity index (χ0v) is 11.4. The topological polar surface area (TPSA) is 0 Å². The molecule has 1 aromatic heterocycles. The third-order valence-electron chi connectivity index (χ3n) is 2.27. The lowest BCUT2D eigenvalue weighted by Gasteiger charge is -2.09. The second kappa shape index (κ2) is 4.69. The number of hydrogen-bond donors (Lipinski definition) is 0. The zero-order valence-electron chi connectivity index (χ0n) is 8.21. The van der Waals surface area contributed by atoms with Gasteiger partial charge in [-0.25, -0.2) is 0 Å². The van der Waals surface area contributed by atoms with Crippen LogP contribution in [-0.2, 0) is 0 Å². The standard InChI is InChI=1S/C12H10BrClS/c1-8-7-9(4-5-10(8)14)12(13)11-3-2-6-15-11/h2-7,12H,1H3. The van der Waals surface area contributed by atoms with E-state index in [1.165, 1.54) is 10.4 Å². The van der Waals surface area contributed by atoms with Gasteiger partial charge in [0.2, 0.25) is 0 Å². The number of alkyl halides is 1. The van der Waals surface area contributed by atoms with Gasteiger partial charge in [0.05, 0.1) is 4.83 Å². The smallest absolute Gasteiger partial charge is 0.0738 e. The molecule has 0 bridgehead atoms. The van der Waals surface area contributed by atoms with Gasteiger partial charge in [0, 0.05) is 9.90 Å². The summed E-state index contributed by atoms with van der Waals surface area (Å²) in [4.78, 5) is 1.59. The quantitative estimate of drug-likeness (QED) is 0.669. The molecule has 0 aliphatic carbocycles. The van der Waals surface area contributed by atoms with E-state index in [0.29, 0.717) is 0 Å². The first-order chi connectivity index (χ1) is 7.18. The van der Waals surface area contributed by atoms with E-state index in [1.807, 2.05) is 13.0 Å². The van der Waals surface area contributed by atoms with Crippen molar-refractivity contribution in [1.29, 1.82) is 0 Å². The first kappa shape index (κ1) is 11.2. The van der Waals surface area contributed by atoms with Gasteiger partial charge in [-0.3, -0.25) is 0 Å². The van der Waals surface area contributed by atoms with Gasteiger partial charge in [0.25, 0.3) is 0 Å². The fraction of sp³-hybridized carbons (Fsp3) is 0.167. The van der Waals surface area contributed by atoms with Gasteiger partial charge in [-0.2, -0.15) is 0 Å². The molecule has 0 saturated heterocycles. The molecule has 0 aliphatic heterocycles. The molecule has 1 unspecified atom stereocenters. The minimum absolute atomic E-state index is 0.272. The monoisotopic (exact) mass is 300 g/mol. The zero-order chi connectivity index (χ0) is 10.8. The first-order valence-corrected chi connectivity index (χ1v) is 6.79. The van der Waals surface area contributed by atoms with Gasteiger partial charge in [-0.1, -0.05) is 45.7 Å². The Balaban J connectivity index is 2.34. The number of thiophene rings is 1. The Morgan fingerprint density at radius 3 is 2.73 bits per heavy atom. The summed E-state index contributed by atoms with van der Waals surface area (Å²) in [5.74, 6) is 0. The molecule has 1 atom stereocenters. The average Bonchev–Trinajstić information content (AvgIpc) is 2.74. The third kappa shape index (κ3) is 2.44. The lowest BCUT2D eigenvalue weighted by atomic mass is 10.1. The van der Waals surface area contributed by atoms with Crippen LogP contribution in [0.5, 0.6) is 0 Å². The molecule has 0 amide bonds. The molecule has 0 saturated carbocycles. The van der Waals surface area contributed by atoms with Crippen molar-refractivity contribution in [2.75, 3.05) is 0 Å². The average molecular weight is 302 g/mol. The van der Waals surface area contributed by atoms with E-state index in [9.17, 15) is 0 Å². The van der Waals surface area contributed by atoms with Crippen LogP contribution < -0.4 is 0 Å². The van der Waals surface area contributed by atoms with Crippen molar-refractivity contribution >= 4 is 38.9 Å². The highest BCUT2D eigenvalue weighted by Gasteiger charge is 2.11. The minimum Gasteiger partial charge on any atom is -0.147 e. The van der Waals surface area contributed by atoms with Crippen molar-refractivity contribution < 1.29 is 0 Å². The van der Waals surface area contributed by atoms with Crippen LogP contribution in [0.3, 0.4) is 0 Å². The van der Waals surface area contributed by atoms with Crippen molar-refractivity contribution in [2.45, 2.75) is 11.8 Å². The Bertz CT molecular complexity index is 451. The highest BCUT2D eigenvalue weighted by molar-refractivity contribution is 9.09. The summed E-state index contributed by atoms with van der Waals surface area (Å²) in [5, 5.41) is 2.91. The Hall–Kier alpha value is -0.310. The predicted molar refractivity (Wildman–Crippen MR) is 71.3 cm³/mol. The van der Waals surface area contributed by atoms with Gasteiger partial charge < -0.3 is 0 Å². The molecule has 0 aliphatic rings. The molecular weight excluding hydrogens is 292 g/mol. The summed E-state index contributed by atoms with van der Waals surface area (Å²) in [6.45, 7) is 2.03. The van der Waals surface area contributed by atoms with Crippen LogP contribution in [0.15, 0.2) is 35.7 Å². The number of benzene rings is 1. The van der Waals surface area contributed by atoms with Crippen LogP contribution in [0.4, 0.5) is 0 Å². The summed E-state index contributed by atoms with van der Waals surface area (Å²) in [6, 6.07) is 10.3. The molecule has 0 fully saturated rings. The van der Waals surface area contributed by atoms with Gasteiger partial charge in [-0.05, 0) is 35.6 Å². The fourth-order valence-corrected chi connectivity index (χ4v) is 3.03. The molecule has 0 radical (unpaired) electrons. The van der Waals surface area contributed by atoms with E-state index in [4.69, 9.17) is 11.6 Å². The van der Waals surface area contributed by atoms with Gasteiger partial charge in [0.15, 0.2) is 0 Å². The number of hydrogen-bond acceptors (Lipinski definition) is 1. The second-order valence-corrected chi connectivity index (χ2v) is 5.69. The van der Waals surface area contributed by atoms with E-state index < -0.39 is 0 Å². The van der Waals surface area contributed by atoms with Gasteiger partial charge in [-0.15, -0.1) is 11.3 Å². The molecule has 1 heterocycles. The van der Waals surface area contributed by atoms with Crippen LogP contribution >= 0.6 is 38.9 Å². The molecule has 0 N–H and O–H groups in total. The SMILES string of the molecule is Cc1cc(C(Br)c2cccs2)ccc1Cl. The van der Waals surface area contributed by atoms with E-state index in [0.717, 1.165) is 10.6 Å². The van der Waals surface area contributed by atoms with Crippen molar-refractivity contribution in [1.82, 2.24) is 0 Å². The number of aryl methyl sites for hydroxylation is 1. The van der Waals surface area contributed by atoms with Crippen molar-refractivity contribution in [2.24, 2.45) is 0 Å². The summed E-state index contributed by atoms with van der Waals surface area (Å²) >= 11 is 11.5. The highest BCUT2D eigenvalue weighted by Crippen LogP contribution is 2.34. The van der Waals surface area contributed by atoms with Crippen LogP contribution in [0, 0.1) is 6.92 Å². The number of halogens is 2. The van der Waals surface area contributed by atoms with Crippen molar-refractivity contribution in [3.63, 3.8) is 0 Å². The maximum absolute atomic E-state index is 6.00. The molecule has 0 spiro atoms. The van der Waals surface area contributed by atoms with Gasteiger partial charge in [0.1, 0.15) is 0 Å². The fourth-order valence-electron chi connectivity index (χ4n) is 1.43. The maximum Gasteiger partial charge on any atom is 0.0738 e. The third-order valence-corrected chi connectivity index (χ3v) is 4.95. The van der Waals surface area contributed by atoms with E-state index >= 15 is 0 Å². The van der Waals surface area contributed by atoms with E-state index in [-0.39, 0.29) is 4.83 Å². The lowest BCUT2D eigenvalue weighted by Crippen LogP contribution is -1.90. The molecule has 3 heteroatoms. The summed E-state index contributed by atoms with van der Waals surface area (Å²) < 4.78 is 0. The van der Waals surface area contributed by atoms with Gasteiger partial charge >= 0.3 is 0 Å². The predicted octanol–water partition coefficient (Wildman–Crippen LogP) is 5.19. The summed E-state index contributed by atoms with van der Waals surface area (Å²) in [6.07, 6.45) is 0. The van der Waals surface area contributed by atoms with Crippen LogP contribution in [-0.4, -0.2) is 0 Å². The Kier molecular flexibility index (Phi) is 3.49. The molecular formula is C12H10BrClS. The van der Waals surface area contributed by atoms with Crippen molar-refractivity contribution in [3.8, 4) is 0 Å². The first-order valence-electron chi connectivity index (χ1n) is 4.62. The molecule has 2 aromatic rings.